The predicted octanol–water partition coefficient (Wildman–Crippen LogP) is 2.69. The van der Waals surface area contributed by atoms with E-state index < -0.39 is 0 Å². The van der Waals surface area contributed by atoms with E-state index in [1.807, 2.05) is 25.2 Å². The minimum absolute atomic E-state index is 0.329. The number of hydrogen-bond acceptors (Lipinski definition) is 0. The summed E-state index contributed by atoms with van der Waals surface area (Å²) >= 11 is 0. The van der Waals surface area contributed by atoms with Crippen molar-refractivity contribution < 1.29 is 1.37 Å². The molecular formula is C9H12. The molecule has 0 nitrogen and oxygen atoms in total. The second-order valence-corrected chi connectivity index (χ2v) is 2.11. The topological polar surface area (TPSA) is 0 Å². The molecule has 0 fully saturated rings. The first-order valence-electron chi connectivity index (χ1n) is 3.80. The highest BCUT2D eigenvalue weighted by molar-refractivity contribution is 5.14. The molecule has 0 saturated carbocycles. The Bertz CT molecular complexity index is 187. The van der Waals surface area contributed by atoms with Crippen molar-refractivity contribution in [3.63, 3.8) is 0 Å². The lowest BCUT2D eigenvalue weighted by atomic mass is 10.0. The standard InChI is InChI=1S/C9H12/c1-2-6-9-7-4-3-5-8-9/h2-7,9H,8H2,1H3/i6D. The minimum Gasteiger partial charge on any atom is -0.0911 e. The van der Waals surface area contributed by atoms with Crippen molar-refractivity contribution in [2.45, 2.75) is 13.3 Å². The quantitative estimate of drug-likeness (QED) is 0.468. The molecule has 1 atom stereocenters. The molecule has 0 aromatic rings. The Balaban J connectivity index is 2.59. The summed E-state index contributed by atoms with van der Waals surface area (Å²) in [5.74, 6) is 0.329. The largest absolute Gasteiger partial charge is 0.0911 e. The van der Waals surface area contributed by atoms with Crippen molar-refractivity contribution in [3.05, 3.63) is 36.4 Å². The average molecular weight is 121 g/mol. The summed E-state index contributed by atoms with van der Waals surface area (Å²) in [5.41, 5.74) is 0. The van der Waals surface area contributed by atoms with Gasteiger partial charge in [0, 0.05) is 0 Å². The summed E-state index contributed by atoms with van der Waals surface area (Å²) in [6.07, 6.45) is 11.0. The van der Waals surface area contributed by atoms with Gasteiger partial charge in [-0.25, -0.2) is 0 Å². The van der Waals surface area contributed by atoms with Crippen LogP contribution in [0.4, 0.5) is 0 Å². The maximum Gasteiger partial charge on any atom is 0.0579 e. The molecule has 0 N–H and O–H groups in total. The summed E-state index contributed by atoms with van der Waals surface area (Å²) in [7, 11) is 0. The molecule has 1 aliphatic carbocycles. The van der Waals surface area contributed by atoms with Gasteiger partial charge in [-0.3, -0.25) is 0 Å². The number of hydrogen-bond donors (Lipinski definition) is 0. The monoisotopic (exact) mass is 121 g/mol. The van der Waals surface area contributed by atoms with Crippen LogP contribution in [0.25, 0.3) is 0 Å². The van der Waals surface area contributed by atoms with Crippen LogP contribution in [0.2, 0.25) is 0 Å². The highest BCUT2D eigenvalue weighted by atomic mass is 14.0. The molecule has 0 aliphatic heterocycles. The fourth-order valence-corrected chi connectivity index (χ4v) is 0.918. The van der Waals surface area contributed by atoms with Crippen LogP contribution < -0.4 is 0 Å². The molecule has 1 unspecified atom stereocenters. The molecule has 48 valence electrons. The SMILES string of the molecule is [2H]C(=CC)C1C=CC=CC1. The van der Waals surface area contributed by atoms with Gasteiger partial charge in [0.2, 0.25) is 0 Å². The Labute approximate surface area is 58.0 Å². The van der Waals surface area contributed by atoms with Gasteiger partial charge < -0.3 is 0 Å². The molecule has 9 heavy (non-hydrogen) atoms. The molecule has 0 spiro atoms. The molecule has 0 aromatic carbocycles. The summed E-state index contributed by atoms with van der Waals surface area (Å²) in [5, 5.41) is 0. The van der Waals surface area contributed by atoms with E-state index in [2.05, 4.69) is 12.2 Å². The van der Waals surface area contributed by atoms with Gasteiger partial charge in [0.15, 0.2) is 0 Å². The van der Waals surface area contributed by atoms with Gasteiger partial charge >= 0.3 is 0 Å². The first-order chi connectivity index (χ1) is 4.84. The Morgan fingerprint density at radius 1 is 1.67 bits per heavy atom. The predicted molar refractivity (Wildman–Crippen MR) is 41.2 cm³/mol. The van der Waals surface area contributed by atoms with Gasteiger partial charge in [-0.15, -0.1) is 0 Å². The maximum atomic E-state index is 7.49. The first kappa shape index (κ1) is 5.04. The maximum absolute atomic E-state index is 7.49. The van der Waals surface area contributed by atoms with E-state index >= 15 is 0 Å². The number of allylic oxidation sites excluding steroid dienone is 6. The fourth-order valence-electron chi connectivity index (χ4n) is 0.918. The normalized spacial score (nSPS) is 28.3. The second-order valence-electron chi connectivity index (χ2n) is 2.11. The van der Waals surface area contributed by atoms with Crippen molar-refractivity contribution in [1.82, 2.24) is 0 Å². The summed E-state index contributed by atoms with van der Waals surface area (Å²) in [6.45, 7) is 1.91. The van der Waals surface area contributed by atoms with E-state index in [0.717, 1.165) is 12.5 Å². The molecule has 0 bridgehead atoms. The van der Waals surface area contributed by atoms with E-state index in [0.29, 0.717) is 5.92 Å². The van der Waals surface area contributed by atoms with E-state index in [9.17, 15) is 0 Å². The van der Waals surface area contributed by atoms with Gasteiger partial charge in [0.05, 0.1) is 1.37 Å². The lowest BCUT2D eigenvalue weighted by Crippen LogP contribution is -1.90. The fraction of sp³-hybridized carbons (Fsp3) is 0.333. The third kappa shape index (κ3) is 1.88. The summed E-state index contributed by atoms with van der Waals surface area (Å²) in [6, 6.07) is 0.723. The molecule has 1 rings (SSSR count). The van der Waals surface area contributed by atoms with Crippen molar-refractivity contribution in [1.29, 1.82) is 0 Å². The Morgan fingerprint density at radius 2 is 2.56 bits per heavy atom. The zero-order chi connectivity index (χ0) is 7.40. The molecule has 0 aromatic heterocycles. The van der Waals surface area contributed by atoms with Crippen LogP contribution in [-0.2, 0) is 0 Å². The van der Waals surface area contributed by atoms with Crippen LogP contribution >= 0.6 is 0 Å². The molecule has 1 aliphatic rings. The molecule has 0 saturated heterocycles. The molecule has 0 heterocycles. The lowest BCUT2D eigenvalue weighted by Gasteiger charge is -2.05. The van der Waals surface area contributed by atoms with Gasteiger partial charge in [-0.1, -0.05) is 36.4 Å². The van der Waals surface area contributed by atoms with Crippen LogP contribution in [0, 0.1) is 5.92 Å². The Morgan fingerprint density at radius 3 is 3.11 bits per heavy atom. The van der Waals surface area contributed by atoms with Gasteiger partial charge in [-0.2, -0.15) is 0 Å². The van der Waals surface area contributed by atoms with E-state index in [-0.39, 0.29) is 0 Å². The van der Waals surface area contributed by atoms with Crippen molar-refractivity contribution in [2.24, 2.45) is 5.92 Å². The van der Waals surface area contributed by atoms with Crippen LogP contribution in [0.5, 0.6) is 0 Å². The van der Waals surface area contributed by atoms with Gasteiger partial charge in [0.1, 0.15) is 0 Å². The summed E-state index contributed by atoms with van der Waals surface area (Å²) < 4.78 is 7.49. The van der Waals surface area contributed by atoms with Crippen molar-refractivity contribution in [2.75, 3.05) is 0 Å². The van der Waals surface area contributed by atoms with Gasteiger partial charge in [0.25, 0.3) is 0 Å². The molecule has 0 amide bonds. The van der Waals surface area contributed by atoms with Crippen molar-refractivity contribution in [3.8, 4) is 0 Å². The third-order valence-corrected chi connectivity index (χ3v) is 1.36. The van der Waals surface area contributed by atoms with Crippen molar-refractivity contribution >= 4 is 0 Å². The van der Waals surface area contributed by atoms with Crippen LogP contribution in [0.3, 0.4) is 0 Å². The molecular weight excluding hydrogens is 108 g/mol. The highest BCUT2D eigenvalue weighted by Crippen LogP contribution is 2.11. The van der Waals surface area contributed by atoms with E-state index in [4.69, 9.17) is 1.37 Å². The van der Waals surface area contributed by atoms with E-state index in [1.54, 1.807) is 0 Å². The Hall–Kier alpha value is -0.780. The molecule has 0 radical (unpaired) electrons. The lowest BCUT2D eigenvalue weighted by molar-refractivity contribution is 0.821. The van der Waals surface area contributed by atoms with Crippen LogP contribution in [0.15, 0.2) is 36.4 Å². The third-order valence-electron chi connectivity index (χ3n) is 1.36. The summed E-state index contributed by atoms with van der Waals surface area (Å²) in [4.78, 5) is 0. The van der Waals surface area contributed by atoms with Crippen LogP contribution in [-0.4, -0.2) is 0 Å². The smallest absolute Gasteiger partial charge is 0.0579 e. The van der Waals surface area contributed by atoms with Gasteiger partial charge in [-0.05, 0) is 19.3 Å². The Kier molecular flexibility index (Phi) is 1.84. The zero-order valence-corrected chi connectivity index (χ0v) is 5.67. The average Bonchev–Trinajstić information content (AvgIpc) is 2.05. The second kappa shape index (κ2) is 3.29. The zero-order valence-electron chi connectivity index (χ0n) is 6.67. The number of rotatable bonds is 1. The molecule has 0 heteroatoms. The van der Waals surface area contributed by atoms with Crippen LogP contribution in [0.1, 0.15) is 14.7 Å². The van der Waals surface area contributed by atoms with E-state index in [1.165, 1.54) is 0 Å². The highest BCUT2D eigenvalue weighted by Gasteiger charge is 1.97. The minimum atomic E-state index is 0.329. The first-order valence-corrected chi connectivity index (χ1v) is 3.30.